The number of benzene rings is 1. The molecule has 53 heavy (non-hydrogen) atoms. The number of ether oxygens (including phenoxy) is 1. The van der Waals surface area contributed by atoms with Crippen LogP contribution in [0.3, 0.4) is 0 Å². The molecule has 292 valence electrons. The second kappa shape index (κ2) is 17.4. The molecule has 5 rings (SSSR count). The molecule has 2 amide bonds. The summed E-state index contributed by atoms with van der Waals surface area (Å²) in [7, 11) is 0. The molecule has 0 radical (unpaired) electrons. The number of aliphatic hydroxyl groups excluding tert-OH is 2. The van der Waals surface area contributed by atoms with Gasteiger partial charge in [-0.2, -0.15) is 13.2 Å². The van der Waals surface area contributed by atoms with Gasteiger partial charge in [-0.15, -0.1) is 10.2 Å². The molecule has 2 aliphatic rings. The highest BCUT2D eigenvalue weighted by atomic mass is 19.4. The normalized spacial score (nSPS) is 21.6. The molecule has 0 bridgehead atoms. The molecule has 2 aliphatic heterocycles. The number of carbonyl (C=O) groups is 2. The van der Waals surface area contributed by atoms with Crippen molar-refractivity contribution < 1.29 is 50.9 Å². The minimum atomic E-state index is -4.65. The third kappa shape index (κ3) is 10.8. The second-order valence-electron chi connectivity index (χ2n) is 14.1. The number of aryl methyl sites for hydroxylation is 1. The van der Waals surface area contributed by atoms with E-state index in [1.54, 1.807) is 17.0 Å². The number of amides is 2. The lowest BCUT2D eigenvalue weighted by molar-refractivity contribution is -0.145. The Balaban J connectivity index is 1.31. The number of rotatable bonds is 15. The maximum Gasteiger partial charge on any atom is 0.405 e. The number of halogens is 4. The highest BCUT2D eigenvalue weighted by Gasteiger charge is 2.43. The number of carbonyl (C=O) groups excluding carboxylic acids is 2. The Morgan fingerprint density at radius 3 is 2.53 bits per heavy atom. The summed E-state index contributed by atoms with van der Waals surface area (Å²) in [6.07, 6.45) is -3.68. The third-order valence-corrected chi connectivity index (χ3v) is 9.63. The quantitative estimate of drug-likeness (QED) is 0.167. The van der Waals surface area contributed by atoms with Crippen LogP contribution < -0.4 is 10.6 Å². The Bertz CT molecular complexity index is 1650. The molecule has 4 heterocycles. The van der Waals surface area contributed by atoms with Gasteiger partial charge in [-0.25, -0.2) is 9.37 Å². The van der Waals surface area contributed by atoms with Crippen molar-refractivity contribution in [2.24, 2.45) is 5.92 Å². The summed E-state index contributed by atoms with van der Waals surface area (Å²) in [6, 6.07) is 3.99. The fourth-order valence-electron chi connectivity index (χ4n) is 6.59. The van der Waals surface area contributed by atoms with Gasteiger partial charge in [-0.05, 0) is 57.4 Å². The lowest BCUT2D eigenvalue weighted by Crippen LogP contribution is -2.63. The largest absolute Gasteiger partial charge is 0.439 e. The Labute approximate surface area is 304 Å². The number of alkyl halides is 3. The number of hydrogen-bond donors (Lipinski definition) is 4. The highest BCUT2D eigenvalue weighted by Crippen LogP contribution is 2.33. The van der Waals surface area contributed by atoms with E-state index in [0.717, 1.165) is 6.42 Å². The molecule has 0 saturated carbocycles. The topological polar surface area (TPSA) is 179 Å². The van der Waals surface area contributed by atoms with Gasteiger partial charge >= 0.3 is 6.18 Å². The maximum atomic E-state index is 13.6. The van der Waals surface area contributed by atoms with Crippen molar-refractivity contribution in [2.75, 3.05) is 45.9 Å². The van der Waals surface area contributed by atoms with Crippen molar-refractivity contribution in [3.63, 3.8) is 0 Å². The summed E-state index contributed by atoms with van der Waals surface area (Å²) >= 11 is 0. The van der Waals surface area contributed by atoms with E-state index in [2.05, 4.69) is 20.5 Å². The van der Waals surface area contributed by atoms with Crippen molar-refractivity contribution in [2.45, 2.75) is 88.9 Å². The maximum absolute atomic E-state index is 13.6. The zero-order valence-corrected chi connectivity index (χ0v) is 29.9. The first-order valence-corrected chi connectivity index (χ1v) is 17.7. The van der Waals surface area contributed by atoms with E-state index in [4.69, 9.17) is 13.6 Å². The molecule has 2 saturated heterocycles. The smallest absolute Gasteiger partial charge is 0.405 e. The Morgan fingerprint density at radius 1 is 1.09 bits per heavy atom. The van der Waals surface area contributed by atoms with E-state index in [0.29, 0.717) is 43.2 Å². The van der Waals surface area contributed by atoms with Crippen LogP contribution in [0.5, 0.6) is 0 Å². The first-order chi connectivity index (χ1) is 25.1. The molecular formula is C35H47F4N7O7. The molecule has 5 atom stereocenters. The van der Waals surface area contributed by atoms with Gasteiger partial charge in [0.2, 0.25) is 29.5 Å². The number of nitrogens with one attached hydrogen (secondary N) is 2. The van der Waals surface area contributed by atoms with Crippen LogP contribution in [0.25, 0.3) is 11.3 Å². The van der Waals surface area contributed by atoms with Crippen LogP contribution in [0.1, 0.15) is 57.7 Å². The molecule has 0 spiro atoms. The molecule has 2 aromatic heterocycles. The second-order valence-corrected chi connectivity index (χ2v) is 14.1. The fourth-order valence-corrected chi connectivity index (χ4v) is 6.59. The SMILES string of the molecule is CCCc1nnc(C[C@H](C[C@H](O)CN2CCN(C(C)(C)c3ncc(-c4ccc(F)cc4)o3)C[C@H]2C(=O)NCC(F)(F)F)C(=O)N[C@H]2CCOC[C@H]2O)o1. The molecule has 1 aromatic carbocycles. The summed E-state index contributed by atoms with van der Waals surface area (Å²) in [5.41, 5.74) is -0.329. The van der Waals surface area contributed by atoms with Gasteiger partial charge in [0.25, 0.3) is 0 Å². The van der Waals surface area contributed by atoms with Gasteiger partial charge in [-0.1, -0.05) is 6.92 Å². The number of aliphatic hydroxyl groups is 2. The van der Waals surface area contributed by atoms with Crippen LogP contribution in [-0.2, 0) is 32.7 Å². The van der Waals surface area contributed by atoms with Crippen molar-refractivity contribution in [1.29, 1.82) is 0 Å². The van der Waals surface area contributed by atoms with E-state index >= 15 is 0 Å². The first-order valence-electron chi connectivity index (χ1n) is 17.7. The number of aromatic nitrogens is 3. The van der Waals surface area contributed by atoms with Crippen LogP contribution in [0.15, 0.2) is 39.3 Å². The lowest BCUT2D eigenvalue weighted by Gasteiger charge is -2.46. The van der Waals surface area contributed by atoms with Crippen molar-refractivity contribution >= 4 is 11.8 Å². The summed E-state index contributed by atoms with van der Waals surface area (Å²) < 4.78 is 70.0. The molecule has 4 N–H and O–H groups in total. The predicted octanol–water partition coefficient (Wildman–Crippen LogP) is 2.59. The Kier molecular flexibility index (Phi) is 13.2. The molecule has 0 aliphatic carbocycles. The molecule has 18 heteroatoms. The standard InChI is InChI=1S/C35H47F4N7O7/c1-4-5-29-43-44-30(53-29)15-22(31(49)42-25-10-13-51-19-27(25)48)14-24(47)17-45-11-12-46(18-26(45)32(50)41-20-35(37,38)39)34(2,3)33-40-16-28(52-33)21-6-8-23(36)9-7-21/h6-9,16,22,24-27,47-48H,4-5,10-15,17-20H2,1-3H3,(H,41,50)(H,42,49)/t22-,24-,25-,26-,27+/m0/s1. The first kappa shape index (κ1) is 40.2. The zero-order chi connectivity index (χ0) is 38.3. The summed E-state index contributed by atoms with van der Waals surface area (Å²) in [5.74, 6) is -1.35. The van der Waals surface area contributed by atoms with Crippen LogP contribution in [0.4, 0.5) is 17.6 Å². The highest BCUT2D eigenvalue weighted by molar-refractivity contribution is 5.82. The molecule has 0 unspecified atom stereocenters. The van der Waals surface area contributed by atoms with Crippen LogP contribution in [0.2, 0.25) is 0 Å². The number of nitrogens with zero attached hydrogens (tertiary/aromatic N) is 5. The van der Waals surface area contributed by atoms with Gasteiger partial charge in [0.05, 0.1) is 36.6 Å². The van der Waals surface area contributed by atoms with E-state index in [1.807, 2.05) is 31.0 Å². The number of hydrogen-bond acceptors (Lipinski definition) is 12. The predicted molar refractivity (Wildman–Crippen MR) is 180 cm³/mol. The van der Waals surface area contributed by atoms with Crippen molar-refractivity contribution in [3.8, 4) is 11.3 Å². The van der Waals surface area contributed by atoms with Crippen molar-refractivity contribution in [3.05, 3.63) is 54.0 Å². The van der Waals surface area contributed by atoms with Gasteiger partial charge in [-0.3, -0.25) is 19.4 Å². The van der Waals surface area contributed by atoms with Crippen LogP contribution in [0, 0.1) is 11.7 Å². The van der Waals surface area contributed by atoms with Crippen molar-refractivity contribution in [1.82, 2.24) is 35.6 Å². The molecule has 3 aromatic rings. The Hall–Kier alpha value is -3.97. The summed E-state index contributed by atoms with van der Waals surface area (Å²) in [4.78, 5) is 34.9. The minimum absolute atomic E-state index is 0.00750. The van der Waals surface area contributed by atoms with Gasteiger partial charge in [0, 0.05) is 57.1 Å². The monoisotopic (exact) mass is 753 g/mol. The van der Waals surface area contributed by atoms with Crippen LogP contribution >= 0.6 is 0 Å². The molecule has 14 nitrogen and oxygen atoms in total. The van der Waals surface area contributed by atoms with Gasteiger partial charge < -0.3 is 34.4 Å². The minimum Gasteiger partial charge on any atom is -0.439 e. The van der Waals surface area contributed by atoms with E-state index in [9.17, 15) is 37.4 Å². The average Bonchev–Trinajstić information content (AvgIpc) is 3.79. The number of piperazine rings is 1. The molecule has 2 fully saturated rings. The third-order valence-electron chi connectivity index (χ3n) is 9.63. The van der Waals surface area contributed by atoms with Crippen LogP contribution in [-0.4, -0.2) is 123 Å². The van der Waals surface area contributed by atoms with Gasteiger partial charge in [0.15, 0.2) is 5.76 Å². The van der Waals surface area contributed by atoms with Gasteiger partial charge in [0.1, 0.15) is 18.4 Å². The number of β-amino-alcohol motifs (C(OH)–C–C–N with tert-alkyl or cyclic N) is 1. The summed E-state index contributed by atoms with van der Waals surface area (Å²) in [6.45, 7) is 4.77. The average molecular weight is 754 g/mol. The number of oxazole rings is 1. The fraction of sp³-hybridized carbons (Fsp3) is 0.629. The van der Waals surface area contributed by atoms with E-state index in [1.165, 1.54) is 18.3 Å². The summed E-state index contributed by atoms with van der Waals surface area (Å²) in [5, 5.41) is 34.7. The lowest BCUT2D eigenvalue weighted by atomic mass is 9.94. The molecular weight excluding hydrogens is 706 g/mol. The van der Waals surface area contributed by atoms with E-state index in [-0.39, 0.29) is 50.9 Å². The zero-order valence-electron chi connectivity index (χ0n) is 29.9. The Morgan fingerprint density at radius 2 is 1.83 bits per heavy atom. The van der Waals surface area contributed by atoms with E-state index < -0.39 is 66.1 Å².